The highest BCUT2D eigenvalue weighted by molar-refractivity contribution is 6.31. The number of hydrogen-bond acceptors (Lipinski definition) is 3. The van der Waals surface area contributed by atoms with Crippen LogP contribution < -0.4 is 5.32 Å². The zero-order chi connectivity index (χ0) is 14.9. The SMILES string of the molecule is CC(=O)n1nc(C(=O)Nc2ccc(F)cc2F)cc1Cl. The number of amides is 1. The van der Waals surface area contributed by atoms with Crippen LogP contribution in [-0.2, 0) is 0 Å². The molecule has 1 aromatic heterocycles. The Morgan fingerprint density at radius 3 is 2.55 bits per heavy atom. The summed E-state index contributed by atoms with van der Waals surface area (Å²) in [6, 6.07) is 3.88. The van der Waals surface area contributed by atoms with Crippen LogP contribution in [0.15, 0.2) is 24.3 Å². The summed E-state index contributed by atoms with van der Waals surface area (Å²) in [5, 5.41) is 5.85. The Morgan fingerprint density at radius 1 is 1.30 bits per heavy atom. The molecule has 0 atom stereocenters. The quantitative estimate of drug-likeness (QED) is 0.927. The second-order valence-electron chi connectivity index (χ2n) is 3.86. The van der Waals surface area contributed by atoms with E-state index in [1.807, 2.05) is 0 Å². The van der Waals surface area contributed by atoms with Gasteiger partial charge in [-0.3, -0.25) is 9.59 Å². The fraction of sp³-hybridized carbons (Fsp3) is 0.0833. The Bertz CT molecular complexity index is 700. The molecule has 1 aromatic carbocycles. The first kappa shape index (κ1) is 14.1. The van der Waals surface area contributed by atoms with Gasteiger partial charge in [-0.1, -0.05) is 11.6 Å². The monoisotopic (exact) mass is 299 g/mol. The molecule has 0 aliphatic heterocycles. The highest BCUT2D eigenvalue weighted by atomic mass is 35.5. The van der Waals surface area contributed by atoms with Gasteiger partial charge in [0.1, 0.15) is 16.8 Å². The molecular weight excluding hydrogens is 292 g/mol. The lowest BCUT2D eigenvalue weighted by Gasteiger charge is -2.04. The Labute approximate surface area is 117 Å². The van der Waals surface area contributed by atoms with Crippen LogP contribution >= 0.6 is 11.6 Å². The van der Waals surface area contributed by atoms with E-state index in [0.717, 1.165) is 16.8 Å². The number of carbonyl (C=O) groups excluding carboxylic acids is 2. The van der Waals surface area contributed by atoms with E-state index >= 15 is 0 Å². The zero-order valence-electron chi connectivity index (χ0n) is 10.2. The first-order chi connectivity index (χ1) is 9.38. The van der Waals surface area contributed by atoms with Gasteiger partial charge in [-0.15, -0.1) is 0 Å². The summed E-state index contributed by atoms with van der Waals surface area (Å²) in [6.45, 7) is 1.22. The maximum Gasteiger partial charge on any atom is 0.276 e. The van der Waals surface area contributed by atoms with Crippen molar-refractivity contribution in [2.24, 2.45) is 0 Å². The second kappa shape index (κ2) is 5.38. The number of hydrogen-bond donors (Lipinski definition) is 1. The minimum Gasteiger partial charge on any atom is -0.318 e. The van der Waals surface area contributed by atoms with Gasteiger partial charge in [0.25, 0.3) is 5.91 Å². The number of nitrogens with one attached hydrogen (secondary N) is 1. The van der Waals surface area contributed by atoms with Crippen LogP contribution in [0.4, 0.5) is 14.5 Å². The van der Waals surface area contributed by atoms with Crippen LogP contribution in [0.2, 0.25) is 5.15 Å². The number of aromatic nitrogens is 2. The van der Waals surface area contributed by atoms with E-state index < -0.39 is 23.4 Å². The number of rotatable bonds is 2. The third kappa shape index (κ3) is 2.83. The lowest BCUT2D eigenvalue weighted by molar-refractivity contribution is 0.0920. The topological polar surface area (TPSA) is 64.0 Å². The maximum atomic E-state index is 13.4. The molecule has 0 unspecified atom stereocenters. The van der Waals surface area contributed by atoms with E-state index in [9.17, 15) is 18.4 Å². The number of halogens is 3. The van der Waals surface area contributed by atoms with Crippen molar-refractivity contribution in [2.45, 2.75) is 6.92 Å². The molecule has 0 radical (unpaired) electrons. The van der Waals surface area contributed by atoms with Gasteiger partial charge in [0.15, 0.2) is 5.69 Å². The van der Waals surface area contributed by atoms with Crippen molar-refractivity contribution in [2.75, 3.05) is 5.32 Å². The summed E-state index contributed by atoms with van der Waals surface area (Å²) >= 11 is 5.72. The van der Waals surface area contributed by atoms with Crippen LogP contribution in [0.3, 0.4) is 0 Å². The van der Waals surface area contributed by atoms with E-state index in [2.05, 4.69) is 10.4 Å². The van der Waals surface area contributed by atoms with Gasteiger partial charge in [-0.05, 0) is 12.1 Å². The second-order valence-corrected chi connectivity index (χ2v) is 4.25. The smallest absolute Gasteiger partial charge is 0.276 e. The highest BCUT2D eigenvalue weighted by Gasteiger charge is 2.16. The number of carbonyl (C=O) groups is 2. The molecule has 0 aliphatic rings. The summed E-state index contributed by atoms with van der Waals surface area (Å²) in [5.41, 5.74) is -0.362. The van der Waals surface area contributed by atoms with Crippen molar-refractivity contribution in [1.82, 2.24) is 9.78 Å². The lowest BCUT2D eigenvalue weighted by atomic mass is 10.3. The molecule has 20 heavy (non-hydrogen) atoms. The number of anilines is 1. The normalized spacial score (nSPS) is 10.4. The van der Waals surface area contributed by atoms with Crippen molar-refractivity contribution in [3.63, 3.8) is 0 Å². The molecule has 1 N–H and O–H groups in total. The standard InChI is InChI=1S/C12H8ClF2N3O2/c1-6(19)18-11(13)5-10(17-18)12(20)16-9-3-2-7(14)4-8(9)15/h2-5H,1H3,(H,16,20). The Kier molecular flexibility index (Phi) is 3.80. The predicted octanol–water partition coefficient (Wildman–Crippen LogP) is 2.73. The number of nitrogens with zero attached hydrogens (tertiary/aromatic N) is 2. The van der Waals surface area contributed by atoms with Crippen LogP contribution in [0, 0.1) is 11.6 Å². The van der Waals surface area contributed by atoms with Gasteiger partial charge in [0, 0.05) is 19.1 Å². The van der Waals surface area contributed by atoms with Gasteiger partial charge in [0.2, 0.25) is 5.91 Å². The van der Waals surface area contributed by atoms with Crippen molar-refractivity contribution in [3.05, 3.63) is 46.7 Å². The van der Waals surface area contributed by atoms with Gasteiger partial charge >= 0.3 is 0 Å². The summed E-state index contributed by atoms with van der Waals surface area (Å²) < 4.78 is 26.9. The Balaban J connectivity index is 2.24. The predicted molar refractivity (Wildman–Crippen MR) is 67.8 cm³/mol. The average Bonchev–Trinajstić information content (AvgIpc) is 2.75. The van der Waals surface area contributed by atoms with Gasteiger partial charge in [0.05, 0.1) is 5.69 Å². The Hall–Kier alpha value is -2.28. The molecule has 2 aromatic rings. The van der Waals surface area contributed by atoms with Crippen molar-refractivity contribution in [3.8, 4) is 0 Å². The molecule has 0 saturated carbocycles. The first-order valence-electron chi connectivity index (χ1n) is 5.41. The molecule has 5 nitrogen and oxygen atoms in total. The van der Waals surface area contributed by atoms with Crippen molar-refractivity contribution in [1.29, 1.82) is 0 Å². The first-order valence-corrected chi connectivity index (χ1v) is 5.79. The minimum atomic E-state index is -0.921. The highest BCUT2D eigenvalue weighted by Crippen LogP contribution is 2.17. The molecule has 2 rings (SSSR count). The van der Waals surface area contributed by atoms with E-state index in [-0.39, 0.29) is 16.5 Å². The molecule has 0 aliphatic carbocycles. The van der Waals surface area contributed by atoms with E-state index in [0.29, 0.717) is 6.07 Å². The lowest BCUT2D eigenvalue weighted by Crippen LogP contribution is -2.15. The number of benzene rings is 1. The average molecular weight is 300 g/mol. The van der Waals surface area contributed by atoms with Gasteiger partial charge in [-0.2, -0.15) is 9.78 Å². The third-order valence-corrected chi connectivity index (χ3v) is 2.65. The van der Waals surface area contributed by atoms with Crippen molar-refractivity contribution < 1.29 is 18.4 Å². The summed E-state index contributed by atoms with van der Waals surface area (Å²) in [7, 11) is 0. The Morgan fingerprint density at radius 2 is 2.00 bits per heavy atom. The fourth-order valence-electron chi connectivity index (χ4n) is 1.47. The van der Waals surface area contributed by atoms with Crippen LogP contribution in [-0.4, -0.2) is 21.6 Å². The molecule has 104 valence electrons. The summed E-state index contributed by atoms with van der Waals surface area (Å²) in [5.74, 6) is -2.92. The molecule has 8 heteroatoms. The maximum absolute atomic E-state index is 13.4. The van der Waals surface area contributed by atoms with E-state index in [1.165, 1.54) is 13.0 Å². The molecule has 0 saturated heterocycles. The minimum absolute atomic E-state index is 0.0396. The molecule has 1 amide bonds. The third-order valence-electron chi connectivity index (χ3n) is 2.38. The summed E-state index contributed by atoms with van der Waals surface area (Å²) in [6.07, 6.45) is 0. The van der Waals surface area contributed by atoms with Gasteiger partial charge < -0.3 is 5.32 Å². The molecule has 0 spiro atoms. The molecule has 1 heterocycles. The van der Waals surface area contributed by atoms with Crippen LogP contribution in [0.25, 0.3) is 0 Å². The molecular formula is C12H8ClF2N3O2. The van der Waals surface area contributed by atoms with E-state index in [1.54, 1.807) is 0 Å². The molecule has 0 fully saturated rings. The van der Waals surface area contributed by atoms with Gasteiger partial charge in [-0.25, -0.2) is 8.78 Å². The van der Waals surface area contributed by atoms with Crippen molar-refractivity contribution >= 4 is 29.1 Å². The van der Waals surface area contributed by atoms with Crippen LogP contribution in [0.5, 0.6) is 0 Å². The summed E-state index contributed by atoms with van der Waals surface area (Å²) in [4.78, 5) is 23.0. The zero-order valence-corrected chi connectivity index (χ0v) is 10.9. The largest absolute Gasteiger partial charge is 0.318 e. The fourth-order valence-corrected chi connectivity index (χ4v) is 1.73. The van der Waals surface area contributed by atoms with E-state index in [4.69, 9.17) is 11.6 Å². The molecule has 0 bridgehead atoms. The van der Waals surface area contributed by atoms with Crippen LogP contribution in [0.1, 0.15) is 22.2 Å².